The normalized spacial score (nSPS) is 15.1. The van der Waals surface area contributed by atoms with Crippen LogP contribution in [0.1, 0.15) is 0 Å². The lowest BCUT2D eigenvalue weighted by Gasteiger charge is -2.26. The summed E-state index contributed by atoms with van der Waals surface area (Å²) in [5.41, 5.74) is -0.389. The molecule has 0 unspecified atom stereocenters. The Morgan fingerprint density at radius 3 is 2.68 bits per heavy atom. The minimum Gasteiger partial charge on any atom is -0.407 e. The second-order valence-electron chi connectivity index (χ2n) is 3.98. The first kappa shape index (κ1) is 13.2. The van der Waals surface area contributed by atoms with E-state index in [-0.39, 0.29) is 11.4 Å². The number of hydrogen-bond acceptors (Lipinski definition) is 5. The number of piperazine rings is 1. The summed E-state index contributed by atoms with van der Waals surface area (Å²) >= 11 is 0. The standard InChI is InChI=1S/C11H12FN3O4/c12-9-7-8(15(17)18)1-2-10(9)19-11(16)14-5-3-13-4-6-14/h1-2,7,13H,3-6H2. The molecule has 1 saturated heterocycles. The van der Waals surface area contributed by atoms with Crippen molar-refractivity contribution in [2.24, 2.45) is 0 Å². The summed E-state index contributed by atoms with van der Waals surface area (Å²) in [6.45, 7) is 2.26. The quantitative estimate of drug-likeness (QED) is 0.642. The predicted octanol–water partition coefficient (Wildman–Crippen LogP) is 1.14. The third-order valence-electron chi connectivity index (χ3n) is 2.70. The zero-order chi connectivity index (χ0) is 13.8. The fraction of sp³-hybridized carbons (Fsp3) is 0.364. The van der Waals surface area contributed by atoms with Gasteiger partial charge < -0.3 is 15.0 Å². The van der Waals surface area contributed by atoms with Crippen molar-refractivity contribution in [1.29, 1.82) is 0 Å². The molecule has 2 rings (SSSR count). The van der Waals surface area contributed by atoms with E-state index in [0.29, 0.717) is 26.2 Å². The van der Waals surface area contributed by atoms with Crippen molar-refractivity contribution in [2.45, 2.75) is 0 Å². The Morgan fingerprint density at radius 2 is 2.11 bits per heavy atom. The molecule has 0 spiro atoms. The predicted molar refractivity (Wildman–Crippen MR) is 63.5 cm³/mol. The molecule has 1 fully saturated rings. The van der Waals surface area contributed by atoms with Crippen molar-refractivity contribution in [3.05, 3.63) is 34.1 Å². The van der Waals surface area contributed by atoms with Gasteiger partial charge in [0.2, 0.25) is 0 Å². The highest BCUT2D eigenvalue weighted by molar-refractivity contribution is 5.71. The molecule has 0 bridgehead atoms. The van der Waals surface area contributed by atoms with Gasteiger partial charge in [-0.25, -0.2) is 9.18 Å². The third kappa shape index (κ3) is 3.16. The van der Waals surface area contributed by atoms with Crippen molar-refractivity contribution >= 4 is 11.8 Å². The molecule has 8 heteroatoms. The molecule has 0 aromatic heterocycles. The number of nitro benzene ring substituents is 1. The molecular formula is C11H12FN3O4. The van der Waals surface area contributed by atoms with Crippen molar-refractivity contribution in [1.82, 2.24) is 10.2 Å². The Labute approximate surface area is 108 Å². The molecule has 7 nitrogen and oxygen atoms in total. The first-order valence-corrected chi connectivity index (χ1v) is 5.69. The second-order valence-corrected chi connectivity index (χ2v) is 3.98. The summed E-state index contributed by atoms with van der Waals surface area (Å²) < 4.78 is 18.4. The highest BCUT2D eigenvalue weighted by atomic mass is 19.1. The molecule has 0 saturated carbocycles. The average Bonchev–Trinajstić information content (AvgIpc) is 2.41. The molecule has 0 aliphatic carbocycles. The summed E-state index contributed by atoms with van der Waals surface area (Å²) in [7, 11) is 0. The van der Waals surface area contributed by atoms with E-state index in [1.165, 1.54) is 4.90 Å². The molecule has 1 amide bonds. The number of halogens is 1. The number of rotatable bonds is 2. The summed E-state index contributed by atoms with van der Waals surface area (Å²) in [5, 5.41) is 13.5. The molecule has 1 heterocycles. The summed E-state index contributed by atoms with van der Waals surface area (Å²) in [6, 6.07) is 2.89. The van der Waals surface area contributed by atoms with Gasteiger partial charge in [-0.3, -0.25) is 10.1 Å². The number of carbonyl (C=O) groups is 1. The number of hydrogen-bond donors (Lipinski definition) is 1. The van der Waals surface area contributed by atoms with Crippen LogP contribution in [0.15, 0.2) is 18.2 Å². The van der Waals surface area contributed by atoms with Crippen molar-refractivity contribution in [3.8, 4) is 5.75 Å². The fourth-order valence-corrected chi connectivity index (χ4v) is 1.69. The van der Waals surface area contributed by atoms with Crippen molar-refractivity contribution < 1.29 is 18.8 Å². The lowest BCUT2D eigenvalue weighted by Crippen LogP contribution is -2.47. The van der Waals surface area contributed by atoms with Gasteiger partial charge in [-0.15, -0.1) is 0 Å². The highest BCUT2D eigenvalue weighted by Gasteiger charge is 2.20. The van der Waals surface area contributed by atoms with Gasteiger partial charge in [-0.05, 0) is 6.07 Å². The summed E-state index contributed by atoms with van der Waals surface area (Å²) in [5.74, 6) is -1.24. The topological polar surface area (TPSA) is 84.7 Å². The summed E-state index contributed by atoms with van der Waals surface area (Å²) in [6.07, 6.45) is -0.658. The zero-order valence-electron chi connectivity index (χ0n) is 9.97. The Kier molecular flexibility index (Phi) is 3.91. The van der Waals surface area contributed by atoms with Crippen LogP contribution in [0.5, 0.6) is 5.75 Å². The smallest absolute Gasteiger partial charge is 0.407 e. The van der Waals surface area contributed by atoms with Crippen molar-refractivity contribution in [3.63, 3.8) is 0 Å². The number of ether oxygens (including phenoxy) is 1. The van der Waals surface area contributed by atoms with Crippen LogP contribution < -0.4 is 10.1 Å². The molecule has 1 N–H and O–H groups in total. The monoisotopic (exact) mass is 269 g/mol. The number of nitro groups is 1. The van der Waals surface area contributed by atoms with Crippen LogP contribution in [0.3, 0.4) is 0 Å². The second kappa shape index (κ2) is 5.61. The van der Waals surface area contributed by atoms with E-state index in [1.54, 1.807) is 0 Å². The van der Waals surface area contributed by atoms with Gasteiger partial charge in [0.1, 0.15) is 0 Å². The van der Waals surface area contributed by atoms with Gasteiger partial charge in [-0.2, -0.15) is 0 Å². The molecule has 1 aliphatic heterocycles. The van der Waals surface area contributed by atoms with E-state index in [0.717, 1.165) is 18.2 Å². The Morgan fingerprint density at radius 1 is 1.42 bits per heavy atom. The first-order chi connectivity index (χ1) is 9.08. The largest absolute Gasteiger partial charge is 0.415 e. The van der Waals surface area contributed by atoms with Gasteiger partial charge in [-0.1, -0.05) is 0 Å². The van der Waals surface area contributed by atoms with E-state index in [1.807, 2.05) is 0 Å². The number of nitrogens with zero attached hydrogens (tertiary/aromatic N) is 2. The lowest BCUT2D eigenvalue weighted by atomic mass is 10.3. The Hall–Kier alpha value is -2.22. The number of benzene rings is 1. The van der Waals surface area contributed by atoms with Gasteiger partial charge in [0, 0.05) is 32.2 Å². The maximum atomic E-state index is 13.5. The molecule has 1 aliphatic rings. The molecule has 0 radical (unpaired) electrons. The van der Waals surface area contributed by atoms with E-state index >= 15 is 0 Å². The van der Waals surface area contributed by atoms with Gasteiger partial charge >= 0.3 is 6.09 Å². The van der Waals surface area contributed by atoms with Crippen LogP contribution in [0, 0.1) is 15.9 Å². The molecule has 1 aromatic carbocycles. The molecule has 1 aromatic rings. The number of amides is 1. The molecular weight excluding hydrogens is 257 g/mol. The number of nitrogens with one attached hydrogen (secondary N) is 1. The van der Waals surface area contributed by atoms with Crippen LogP contribution in [0.4, 0.5) is 14.9 Å². The fourth-order valence-electron chi connectivity index (χ4n) is 1.69. The number of non-ortho nitro benzene ring substituents is 1. The molecule has 0 atom stereocenters. The Bertz CT molecular complexity index is 503. The van der Waals surface area contributed by atoms with Crippen LogP contribution in [0.25, 0.3) is 0 Å². The summed E-state index contributed by atoms with van der Waals surface area (Å²) in [4.78, 5) is 22.9. The van der Waals surface area contributed by atoms with Crippen LogP contribution in [-0.2, 0) is 0 Å². The van der Waals surface area contributed by atoms with E-state index < -0.39 is 16.8 Å². The average molecular weight is 269 g/mol. The molecule has 19 heavy (non-hydrogen) atoms. The minimum atomic E-state index is -0.933. The third-order valence-corrected chi connectivity index (χ3v) is 2.70. The van der Waals surface area contributed by atoms with Crippen LogP contribution in [-0.4, -0.2) is 42.1 Å². The minimum absolute atomic E-state index is 0.311. The zero-order valence-corrected chi connectivity index (χ0v) is 9.97. The van der Waals surface area contributed by atoms with Gasteiger partial charge in [0.05, 0.1) is 11.0 Å². The lowest BCUT2D eigenvalue weighted by molar-refractivity contribution is -0.385. The van der Waals surface area contributed by atoms with Gasteiger partial charge in [0.15, 0.2) is 11.6 Å². The maximum absolute atomic E-state index is 13.5. The maximum Gasteiger partial charge on any atom is 0.415 e. The molecule has 102 valence electrons. The number of carbonyl (C=O) groups excluding carboxylic acids is 1. The first-order valence-electron chi connectivity index (χ1n) is 5.69. The van der Waals surface area contributed by atoms with E-state index in [4.69, 9.17) is 4.74 Å². The van der Waals surface area contributed by atoms with E-state index in [9.17, 15) is 19.3 Å². The van der Waals surface area contributed by atoms with Crippen LogP contribution >= 0.6 is 0 Å². The highest BCUT2D eigenvalue weighted by Crippen LogP contribution is 2.23. The van der Waals surface area contributed by atoms with Crippen molar-refractivity contribution in [2.75, 3.05) is 26.2 Å². The van der Waals surface area contributed by atoms with Crippen LogP contribution in [0.2, 0.25) is 0 Å². The SMILES string of the molecule is O=C(Oc1ccc([N+](=O)[O-])cc1F)N1CCNCC1. The van der Waals surface area contributed by atoms with E-state index in [2.05, 4.69) is 5.32 Å². The van der Waals surface area contributed by atoms with Gasteiger partial charge in [0.25, 0.3) is 5.69 Å². The Balaban J connectivity index is 2.06.